The molecule has 0 aromatic heterocycles. The highest BCUT2D eigenvalue weighted by atomic mass is 32.1. The number of hydroxylamine groups is 2. The molecule has 0 aromatic carbocycles. The van der Waals surface area contributed by atoms with Crippen LogP contribution in [0.2, 0.25) is 0 Å². The molecule has 0 N–H and O–H groups in total. The van der Waals surface area contributed by atoms with Gasteiger partial charge in [0.05, 0.1) is 7.11 Å². The summed E-state index contributed by atoms with van der Waals surface area (Å²) in [4.78, 5) is 6.83. The minimum atomic E-state index is 0.0231. The first kappa shape index (κ1) is 9.23. The van der Waals surface area contributed by atoms with Gasteiger partial charge in [0.2, 0.25) is 0 Å². The van der Waals surface area contributed by atoms with Crippen LogP contribution in [-0.2, 0) is 4.84 Å². The molecule has 9 heavy (non-hydrogen) atoms. The maximum atomic E-state index is 4.89. The standard InChI is InChI=1S/C5H14N2OS/c1-6(2)5(9)7(3)8-4/h5,9H,1-4H3. The predicted molar refractivity (Wildman–Crippen MR) is 41.2 cm³/mol. The summed E-state index contributed by atoms with van der Waals surface area (Å²) in [6, 6.07) is 0. The van der Waals surface area contributed by atoms with E-state index in [4.69, 9.17) is 4.84 Å². The van der Waals surface area contributed by atoms with E-state index in [1.165, 1.54) is 0 Å². The molecule has 0 radical (unpaired) electrons. The maximum absolute atomic E-state index is 4.89. The lowest BCUT2D eigenvalue weighted by molar-refractivity contribution is -0.143. The van der Waals surface area contributed by atoms with Crippen molar-refractivity contribution in [2.75, 3.05) is 28.3 Å². The van der Waals surface area contributed by atoms with Gasteiger partial charge in [0, 0.05) is 7.05 Å². The zero-order valence-corrected chi connectivity index (χ0v) is 7.22. The second-order valence-electron chi connectivity index (χ2n) is 2.04. The number of hydrogen-bond donors (Lipinski definition) is 1. The second-order valence-corrected chi connectivity index (χ2v) is 2.50. The van der Waals surface area contributed by atoms with Crippen molar-refractivity contribution in [2.24, 2.45) is 0 Å². The van der Waals surface area contributed by atoms with Crippen LogP contribution in [0.3, 0.4) is 0 Å². The van der Waals surface area contributed by atoms with Crippen LogP contribution >= 0.6 is 12.6 Å². The third kappa shape index (κ3) is 3.05. The van der Waals surface area contributed by atoms with E-state index in [1.54, 1.807) is 12.2 Å². The van der Waals surface area contributed by atoms with E-state index in [1.807, 2.05) is 26.0 Å². The Morgan fingerprint density at radius 2 is 1.78 bits per heavy atom. The summed E-state index contributed by atoms with van der Waals surface area (Å²) in [6.07, 6.45) is 0. The summed E-state index contributed by atoms with van der Waals surface area (Å²) in [5, 5.41) is 1.66. The Kier molecular flexibility index (Phi) is 4.22. The van der Waals surface area contributed by atoms with E-state index in [-0.39, 0.29) is 5.50 Å². The largest absolute Gasteiger partial charge is 0.300 e. The Morgan fingerprint density at radius 3 is 1.89 bits per heavy atom. The van der Waals surface area contributed by atoms with E-state index in [9.17, 15) is 0 Å². The minimum absolute atomic E-state index is 0.0231. The van der Waals surface area contributed by atoms with Gasteiger partial charge < -0.3 is 4.84 Å². The number of nitrogens with zero attached hydrogens (tertiary/aromatic N) is 2. The summed E-state index contributed by atoms with van der Waals surface area (Å²) in [6.45, 7) is 0. The van der Waals surface area contributed by atoms with Crippen LogP contribution in [0.1, 0.15) is 0 Å². The van der Waals surface area contributed by atoms with E-state index in [0.29, 0.717) is 0 Å². The van der Waals surface area contributed by atoms with Gasteiger partial charge in [0.25, 0.3) is 0 Å². The van der Waals surface area contributed by atoms with E-state index in [0.717, 1.165) is 0 Å². The van der Waals surface area contributed by atoms with Gasteiger partial charge in [0.1, 0.15) is 5.50 Å². The summed E-state index contributed by atoms with van der Waals surface area (Å²) in [5.41, 5.74) is 0.0231. The van der Waals surface area contributed by atoms with Crippen molar-refractivity contribution in [3.05, 3.63) is 0 Å². The molecule has 0 amide bonds. The Bertz CT molecular complexity index is 79.4. The first-order valence-corrected chi connectivity index (χ1v) is 3.22. The highest BCUT2D eigenvalue weighted by Gasteiger charge is 2.09. The van der Waals surface area contributed by atoms with Gasteiger partial charge in [-0.25, -0.2) is 0 Å². The molecular weight excluding hydrogens is 136 g/mol. The summed E-state index contributed by atoms with van der Waals surface area (Å²) < 4.78 is 0. The predicted octanol–water partition coefficient (Wildman–Crippen LogP) is 0.255. The summed E-state index contributed by atoms with van der Waals surface area (Å²) in [7, 11) is 7.32. The normalized spacial score (nSPS) is 15.0. The fourth-order valence-electron chi connectivity index (χ4n) is 0.420. The quantitative estimate of drug-likeness (QED) is 0.353. The maximum Gasteiger partial charge on any atom is 0.130 e. The third-order valence-electron chi connectivity index (χ3n) is 1.08. The molecule has 0 spiro atoms. The first-order chi connectivity index (χ1) is 4.09. The van der Waals surface area contributed by atoms with Gasteiger partial charge in [0.15, 0.2) is 0 Å². The van der Waals surface area contributed by atoms with Crippen LogP contribution in [0.4, 0.5) is 0 Å². The number of thiol groups is 1. The van der Waals surface area contributed by atoms with Crippen LogP contribution < -0.4 is 0 Å². The molecule has 0 aliphatic carbocycles. The Balaban J connectivity index is 3.58. The van der Waals surface area contributed by atoms with Gasteiger partial charge in [-0.1, -0.05) is 0 Å². The molecule has 56 valence electrons. The molecule has 0 bridgehead atoms. The van der Waals surface area contributed by atoms with Crippen LogP contribution in [0, 0.1) is 0 Å². The summed E-state index contributed by atoms with van der Waals surface area (Å²) >= 11 is 4.23. The molecule has 4 heteroatoms. The van der Waals surface area contributed by atoms with Gasteiger partial charge in [-0.05, 0) is 14.1 Å². The SMILES string of the molecule is CON(C)C(S)N(C)C. The zero-order chi connectivity index (χ0) is 7.44. The van der Waals surface area contributed by atoms with Crippen molar-refractivity contribution in [1.29, 1.82) is 0 Å². The number of rotatable bonds is 3. The van der Waals surface area contributed by atoms with E-state index >= 15 is 0 Å². The molecule has 0 aromatic rings. The van der Waals surface area contributed by atoms with Crippen LogP contribution in [0.5, 0.6) is 0 Å². The van der Waals surface area contributed by atoms with Crippen LogP contribution in [0.25, 0.3) is 0 Å². The van der Waals surface area contributed by atoms with Gasteiger partial charge >= 0.3 is 0 Å². The molecule has 0 aliphatic heterocycles. The van der Waals surface area contributed by atoms with Crippen molar-refractivity contribution in [2.45, 2.75) is 5.50 Å². The lowest BCUT2D eigenvalue weighted by Gasteiger charge is -2.26. The van der Waals surface area contributed by atoms with Crippen molar-refractivity contribution in [3.63, 3.8) is 0 Å². The fourth-order valence-corrected chi connectivity index (χ4v) is 0.514. The molecule has 0 saturated carbocycles. The lowest BCUT2D eigenvalue weighted by Crippen LogP contribution is -2.37. The molecule has 3 nitrogen and oxygen atoms in total. The molecule has 0 aliphatic rings. The summed E-state index contributed by atoms with van der Waals surface area (Å²) in [5.74, 6) is 0. The highest BCUT2D eigenvalue weighted by Crippen LogP contribution is 2.02. The van der Waals surface area contributed by atoms with Crippen molar-refractivity contribution < 1.29 is 4.84 Å². The minimum Gasteiger partial charge on any atom is -0.300 e. The highest BCUT2D eigenvalue weighted by molar-refractivity contribution is 7.80. The smallest absolute Gasteiger partial charge is 0.130 e. The molecule has 0 heterocycles. The lowest BCUT2D eigenvalue weighted by atomic mass is 10.8. The zero-order valence-electron chi connectivity index (χ0n) is 6.33. The molecule has 0 rings (SSSR count). The van der Waals surface area contributed by atoms with Gasteiger partial charge in [-0.2, -0.15) is 5.06 Å². The fraction of sp³-hybridized carbons (Fsp3) is 1.00. The van der Waals surface area contributed by atoms with Crippen molar-refractivity contribution >= 4 is 12.6 Å². The molecular formula is C5H14N2OS. The van der Waals surface area contributed by atoms with E-state index < -0.39 is 0 Å². The van der Waals surface area contributed by atoms with Crippen LogP contribution in [0.15, 0.2) is 0 Å². The van der Waals surface area contributed by atoms with Gasteiger partial charge in [-0.3, -0.25) is 4.90 Å². The van der Waals surface area contributed by atoms with Crippen LogP contribution in [-0.4, -0.2) is 43.7 Å². The Hall–Kier alpha value is 0.230. The van der Waals surface area contributed by atoms with E-state index in [2.05, 4.69) is 12.6 Å². The third-order valence-corrected chi connectivity index (χ3v) is 1.86. The molecule has 1 atom stereocenters. The monoisotopic (exact) mass is 150 g/mol. The van der Waals surface area contributed by atoms with Crippen molar-refractivity contribution in [1.82, 2.24) is 9.96 Å². The topological polar surface area (TPSA) is 15.7 Å². The second kappa shape index (κ2) is 4.11. The average molecular weight is 150 g/mol. The molecule has 0 fully saturated rings. The Labute approximate surface area is 61.9 Å². The number of hydrogen-bond acceptors (Lipinski definition) is 4. The first-order valence-electron chi connectivity index (χ1n) is 2.71. The molecule has 0 saturated heterocycles. The Morgan fingerprint density at radius 1 is 1.33 bits per heavy atom. The average Bonchev–Trinajstić information content (AvgIpc) is 1.84. The van der Waals surface area contributed by atoms with Gasteiger partial charge in [-0.15, -0.1) is 12.6 Å². The van der Waals surface area contributed by atoms with Crippen molar-refractivity contribution in [3.8, 4) is 0 Å². The molecule has 1 unspecified atom stereocenters.